The van der Waals surface area contributed by atoms with E-state index in [-0.39, 0.29) is 6.61 Å². The molecule has 1 rings (SSSR count). The number of hydrogen-bond acceptors (Lipinski definition) is 4. The van der Waals surface area contributed by atoms with Crippen molar-refractivity contribution in [2.75, 3.05) is 13.2 Å². The van der Waals surface area contributed by atoms with Gasteiger partial charge in [-0.15, -0.1) is 0 Å². The zero-order valence-corrected chi connectivity index (χ0v) is 10.2. The Bertz CT molecular complexity index is 458. The van der Waals surface area contributed by atoms with Crippen molar-refractivity contribution in [3.8, 4) is 17.9 Å². The Kier molecular flexibility index (Phi) is 6.32. The molecule has 0 atom stereocenters. The van der Waals surface area contributed by atoms with Gasteiger partial charge in [0, 0.05) is 6.61 Å². The molecule has 0 saturated carbocycles. The molecular weight excluding hydrogens is 228 g/mol. The summed E-state index contributed by atoms with van der Waals surface area (Å²) >= 11 is 0. The van der Waals surface area contributed by atoms with Crippen LogP contribution in [0.1, 0.15) is 36.8 Å². The lowest BCUT2D eigenvalue weighted by Gasteiger charge is -2.06. The molecule has 0 saturated heterocycles. The molecule has 94 valence electrons. The van der Waals surface area contributed by atoms with Crippen LogP contribution in [-0.4, -0.2) is 18.3 Å². The Balaban J connectivity index is 2.40. The Morgan fingerprint density at radius 2 is 1.72 bits per heavy atom. The van der Waals surface area contributed by atoms with Gasteiger partial charge < -0.3 is 9.84 Å². The molecule has 0 spiro atoms. The summed E-state index contributed by atoms with van der Waals surface area (Å²) in [5.74, 6) is 0.618. The van der Waals surface area contributed by atoms with Crippen molar-refractivity contribution in [2.24, 2.45) is 0 Å². The van der Waals surface area contributed by atoms with Crippen LogP contribution in [0.3, 0.4) is 0 Å². The highest BCUT2D eigenvalue weighted by Crippen LogP contribution is 2.17. The highest BCUT2D eigenvalue weighted by Gasteiger charge is 2.03. The van der Waals surface area contributed by atoms with Gasteiger partial charge in [-0.1, -0.05) is 6.42 Å². The highest BCUT2D eigenvalue weighted by atomic mass is 16.5. The Morgan fingerprint density at radius 3 is 2.39 bits per heavy atom. The largest absolute Gasteiger partial charge is 0.494 e. The normalized spacial score (nSPS) is 9.50. The molecule has 0 heterocycles. The molecule has 0 aromatic heterocycles. The van der Waals surface area contributed by atoms with Crippen molar-refractivity contribution in [2.45, 2.75) is 25.7 Å². The fourth-order valence-corrected chi connectivity index (χ4v) is 1.56. The van der Waals surface area contributed by atoms with Crippen LogP contribution in [0.4, 0.5) is 0 Å². The van der Waals surface area contributed by atoms with E-state index in [9.17, 15) is 0 Å². The minimum Gasteiger partial charge on any atom is -0.494 e. The van der Waals surface area contributed by atoms with Crippen LogP contribution in [-0.2, 0) is 0 Å². The summed E-state index contributed by atoms with van der Waals surface area (Å²) in [6.07, 6.45) is 3.76. The van der Waals surface area contributed by atoms with Gasteiger partial charge in [0.2, 0.25) is 0 Å². The SMILES string of the molecule is N#Cc1ccc(OCCCCCCO)cc1C#N. The van der Waals surface area contributed by atoms with E-state index in [1.807, 2.05) is 12.1 Å². The molecule has 1 aromatic rings. The van der Waals surface area contributed by atoms with Gasteiger partial charge >= 0.3 is 0 Å². The third-order valence-electron chi connectivity index (χ3n) is 2.55. The average Bonchev–Trinajstić information content (AvgIpc) is 2.42. The van der Waals surface area contributed by atoms with E-state index in [1.54, 1.807) is 18.2 Å². The quantitative estimate of drug-likeness (QED) is 0.747. The smallest absolute Gasteiger partial charge is 0.120 e. The lowest BCUT2D eigenvalue weighted by Crippen LogP contribution is -1.98. The van der Waals surface area contributed by atoms with Gasteiger partial charge in [0.1, 0.15) is 17.9 Å². The number of nitrogens with zero attached hydrogens (tertiary/aromatic N) is 2. The van der Waals surface area contributed by atoms with Crippen LogP contribution in [0, 0.1) is 22.7 Å². The van der Waals surface area contributed by atoms with Crippen LogP contribution in [0.5, 0.6) is 5.75 Å². The number of hydrogen-bond donors (Lipinski definition) is 1. The number of ether oxygens (including phenoxy) is 1. The van der Waals surface area contributed by atoms with Gasteiger partial charge in [-0.3, -0.25) is 0 Å². The number of rotatable bonds is 7. The first-order chi connectivity index (χ1) is 8.81. The van der Waals surface area contributed by atoms with Gasteiger partial charge in [0.05, 0.1) is 17.7 Å². The van der Waals surface area contributed by atoms with Crippen LogP contribution < -0.4 is 4.74 Å². The third kappa shape index (κ3) is 4.45. The number of nitriles is 2. The molecule has 1 N–H and O–H groups in total. The Hall–Kier alpha value is -2.04. The van der Waals surface area contributed by atoms with E-state index in [1.165, 1.54) is 0 Å². The minimum atomic E-state index is 0.238. The maximum absolute atomic E-state index is 8.86. The van der Waals surface area contributed by atoms with E-state index >= 15 is 0 Å². The fraction of sp³-hybridized carbons (Fsp3) is 0.429. The van der Waals surface area contributed by atoms with Crippen molar-refractivity contribution in [1.29, 1.82) is 10.5 Å². The third-order valence-corrected chi connectivity index (χ3v) is 2.55. The van der Waals surface area contributed by atoms with Crippen molar-refractivity contribution < 1.29 is 9.84 Å². The van der Waals surface area contributed by atoms with E-state index in [0.29, 0.717) is 23.5 Å². The second kappa shape index (κ2) is 8.11. The lowest BCUT2D eigenvalue weighted by atomic mass is 10.1. The maximum Gasteiger partial charge on any atom is 0.120 e. The molecule has 0 bridgehead atoms. The van der Waals surface area contributed by atoms with Crippen LogP contribution in [0.25, 0.3) is 0 Å². The van der Waals surface area contributed by atoms with E-state index in [4.69, 9.17) is 20.4 Å². The summed E-state index contributed by atoms with van der Waals surface area (Å²) < 4.78 is 5.51. The van der Waals surface area contributed by atoms with Gasteiger partial charge in [0.15, 0.2) is 0 Å². The Morgan fingerprint density at radius 1 is 1.00 bits per heavy atom. The average molecular weight is 244 g/mol. The first-order valence-electron chi connectivity index (χ1n) is 5.99. The van der Waals surface area contributed by atoms with Gasteiger partial charge in [0.25, 0.3) is 0 Å². The van der Waals surface area contributed by atoms with Crippen molar-refractivity contribution in [3.05, 3.63) is 29.3 Å². The number of unbranched alkanes of at least 4 members (excludes halogenated alkanes) is 3. The fourth-order valence-electron chi connectivity index (χ4n) is 1.56. The highest BCUT2D eigenvalue weighted by molar-refractivity contribution is 5.49. The number of aliphatic hydroxyl groups is 1. The van der Waals surface area contributed by atoms with Crippen molar-refractivity contribution in [1.82, 2.24) is 0 Å². The summed E-state index contributed by atoms with van der Waals surface area (Å²) in [6, 6.07) is 8.83. The van der Waals surface area contributed by atoms with Crippen molar-refractivity contribution in [3.63, 3.8) is 0 Å². The van der Waals surface area contributed by atoms with E-state index < -0.39 is 0 Å². The second-order valence-corrected chi connectivity index (χ2v) is 3.92. The van der Waals surface area contributed by atoms with E-state index in [2.05, 4.69) is 0 Å². The molecule has 0 unspecified atom stereocenters. The molecule has 4 heteroatoms. The summed E-state index contributed by atoms with van der Waals surface area (Å²) in [5, 5.41) is 26.3. The summed E-state index contributed by atoms with van der Waals surface area (Å²) in [7, 11) is 0. The monoisotopic (exact) mass is 244 g/mol. The lowest BCUT2D eigenvalue weighted by molar-refractivity contribution is 0.273. The number of aliphatic hydroxyl groups excluding tert-OH is 1. The molecule has 0 fully saturated rings. The predicted octanol–water partition coefficient (Wildman–Crippen LogP) is 2.36. The minimum absolute atomic E-state index is 0.238. The summed E-state index contributed by atoms with van der Waals surface area (Å²) in [5.41, 5.74) is 0.711. The Labute approximate surface area is 107 Å². The maximum atomic E-state index is 8.86. The van der Waals surface area contributed by atoms with Gasteiger partial charge in [-0.2, -0.15) is 10.5 Å². The molecule has 18 heavy (non-hydrogen) atoms. The standard InChI is InChI=1S/C14H16N2O2/c15-10-12-5-6-14(9-13(12)11-16)18-8-4-2-1-3-7-17/h5-6,9,17H,1-4,7-8H2. The topological polar surface area (TPSA) is 77.0 Å². The zero-order chi connectivity index (χ0) is 13.2. The van der Waals surface area contributed by atoms with Crippen molar-refractivity contribution >= 4 is 0 Å². The van der Waals surface area contributed by atoms with Crippen LogP contribution in [0.15, 0.2) is 18.2 Å². The first-order valence-corrected chi connectivity index (χ1v) is 5.99. The van der Waals surface area contributed by atoms with Crippen LogP contribution >= 0.6 is 0 Å². The summed E-state index contributed by atoms with van der Waals surface area (Å²) in [4.78, 5) is 0. The molecule has 0 aliphatic heterocycles. The predicted molar refractivity (Wildman–Crippen MR) is 66.9 cm³/mol. The summed E-state index contributed by atoms with van der Waals surface area (Å²) in [6.45, 7) is 0.824. The molecule has 1 aromatic carbocycles. The van der Waals surface area contributed by atoms with Crippen LogP contribution in [0.2, 0.25) is 0 Å². The molecule has 0 aliphatic rings. The zero-order valence-electron chi connectivity index (χ0n) is 10.2. The van der Waals surface area contributed by atoms with Gasteiger partial charge in [-0.25, -0.2) is 0 Å². The molecular formula is C14H16N2O2. The second-order valence-electron chi connectivity index (χ2n) is 3.92. The number of benzene rings is 1. The molecule has 0 radical (unpaired) electrons. The molecule has 4 nitrogen and oxygen atoms in total. The van der Waals surface area contributed by atoms with E-state index in [0.717, 1.165) is 25.7 Å². The molecule has 0 amide bonds. The first kappa shape index (κ1) is 14.0. The molecule has 0 aliphatic carbocycles. The van der Waals surface area contributed by atoms with Gasteiger partial charge in [-0.05, 0) is 37.5 Å².